The molecule has 2 rings (SSSR count). The number of hydrogen-bond donors (Lipinski definition) is 2. The van der Waals surface area contributed by atoms with Crippen LogP contribution in [0.15, 0.2) is 24.3 Å². The maximum absolute atomic E-state index is 9.66. The van der Waals surface area contributed by atoms with E-state index in [1.807, 2.05) is 13.1 Å². The first-order valence-corrected chi connectivity index (χ1v) is 7.95. The molecule has 0 amide bonds. The SMILES string of the molecule is CNC1(CO)CCCC(Oc2cccc(C(C)(C)C)c2)C1. The summed E-state index contributed by atoms with van der Waals surface area (Å²) in [5.74, 6) is 0.942. The van der Waals surface area contributed by atoms with Crippen molar-refractivity contribution in [1.82, 2.24) is 5.32 Å². The normalized spacial score (nSPS) is 26.6. The zero-order valence-electron chi connectivity index (χ0n) is 13.8. The number of benzene rings is 1. The Balaban J connectivity index is 2.08. The molecule has 3 nitrogen and oxygen atoms in total. The van der Waals surface area contributed by atoms with Crippen LogP contribution in [0.1, 0.15) is 52.0 Å². The molecule has 1 aliphatic carbocycles. The molecule has 21 heavy (non-hydrogen) atoms. The Morgan fingerprint density at radius 1 is 1.38 bits per heavy atom. The third-order valence-corrected chi connectivity index (χ3v) is 4.64. The fourth-order valence-corrected chi connectivity index (χ4v) is 3.09. The highest BCUT2D eigenvalue weighted by atomic mass is 16.5. The number of rotatable bonds is 4. The highest BCUT2D eigenvalue weighted by Gasteiger charge is 2.35. The molecule has 0 saturated heterocycles. The van der Waals surface area contributed by atoms with E-state index >= 15 is 0 Å². The summed E-state index contributed by atoms with van der Waals surface area (Å²) in [6.45, 7) is 6.81. The third-order valence-electron chi connectivity index (χ3n) is 4.64. The Morgan fingerprint density at radius 3 is 2.76 bits per heavy atom. The van der Waals surface area contributed by atoms with Gasteiger partial charge in [0.2, 0.25) is 0 Å². The van der Waals surface area contributed by atoms with Crippen LogP contribution < -0.4 is 10.1 Å². The van der Waals surface area contributed by atoms with E-state index in [4.69, 9.17) is 4.74 Å². The molecule has 2 unspecified atom stereocenters. The molecule has 0 bridgehead atoms. The molecule has 0 aliphatic heterocycles. The van der Waals surface area contributed by atoms with Gasteiger partial charge in [-0.15, -0.1) is 0 Å². The van der Waals surface area contributed by atoms with Gasteiger partial charge in [-0.25, -0.2) is 0 Å². The quantitative estimate of drug-likeness (QED) is 0.894. The van der Waals surface area contributed by atoms with Crippen molar-refractivity contribution < 1.29 is 9.84 Å². The molecule has 1 fully saturated rings. The first-order valence-electron chi connectivity index (χ1n) is 7.95. The lowest BCUT2D eigenvalue weighted by Gasteiger charge is -2.39. The van der Waals surface area contributed by atoms with E-state index in [0.29, 0.717) is 0 Å². The minimum atomic E-state index is -0.176. The van der Waals surface area contributed by atoms with E-state index < -0.39 is 0 Å². The minimum absolute atomic E-state index is 0.131. The van der Waals surface area contributed by atoms with E-state index in [0.717, 1.165) is 31.4 Å². The first-order chi connectivity index (χ1) is 9.88. The zero-order chi connectivity index (χ0) is 15.5. The van der Waals surface area contributed by atoms with Gasteiger partial charge in [-0.1, -0.05) is 32.9 Å². The second kappa shape index (κ2) is 6.37. The number of hydrogen-bond acceptors (Lipinski definition) is 3. The summed E-state index contributed by atoms with van der Waals surface area (Å²) in [6, 6.07) is 8.40. The van der Waals surface area contributed by atoms with Crippen LogP contribution in [0.25, 0.3) is 0 Å². The van der Waals surface area contributed by atoms with Gasteiger partial charge >= 0.3 is 0 Å². The number of aliphatic hydroxyl groups excluding tert-OH is 1. The maximum atomic E-state index is 9.66. The number of aliphatic hydroxyl groups is 1. The van der Waals surface area contributed by atoms with Gasteiger partial charge in [0.15, 0.2) is 0 Å². The van der Waals surface area contributed by atoms with Gasteiger partial charge in [-0.2, -0.15) is 0 Å². The molecule has 1 saturated carbocycles. The lowest BCUT2D eigenvalue weighted by atomic mass is 9.80. The molecular weight excluding hydrogens is 262 g/mol. The Labute approximate surface area is 128 Å². The van der Waals surface area contributed by atoms with E-state index in [1.165, 1.54) is 5.56 Å². The van der Waals surface area contributed by atoms with Crippen molar-refractivity contribution in [3.63, 3.8) is 0 Å². The standard InChI is InChI=1S/C18H29NO2/c1-17(2,3)14-7-5-8-15(11-14)21-16-9-6-10-18(12-16,13-20)19-4/h5,7-8,11,16,19-20H,6,9-10,12-13H2,1-4H3. The van der Waals surface area contributed by atoms with Crippen molar-refractivity contribution in [2.45, 2.75) is 63.5 Å². The van der Waals surface area contributed by atoms with Gasteiger partial charge in [0.05, 0.1) is 6.61 Å². The smallest absolute Gasteiger partial charge is 0.120 e. The summed E-state index contributed by atoms with van der Waals surface area (Å²) < 4.78 is 6.20. The van der Waals surface area contributed by atoms with Crippen LogP contribution >= 0.6 is 0 Å². The molecule has 118 valence electrons. The van der Waals surface area contributed by atoms with Crippen molar-refractivity contribution in [2.75, 3.05) is 13.7 Å². The van der Waals surface area contributed by atoms with Gasteiger partial charge in [0, 0.05) is 12.0 Å². The van der Waals surface area contributed by atoms with Crippen molar-refractivity contribution in [1.29, 1.82) is 0 Å². The van der Waals surface area contributed by atoms with E-state index in [1.54, 1.807) is 0 Å². The highest BCUT2D eigenvalue weighted by Crippen LogP contribution is 2.32. The van der Waals surface area contributed by atoms with Crippen LogP contribution in [-0.2, 0) is 5.41 Å². The van der Waals surface area contributed by atoms with Gasteiger partial charge in [0.25, 0.3) is 0 Å². The monoisotopic (exact) mass is 291 g/mol. The lowest BCUT2D eigenvalue weighted by Crippen LogP contribution is -2.52. The summed E-state index contributed by atoms with van der Waals surface area (Å²) in [7, 11) is 1.93. The molecule has 0 spiro atoms. The lowest BCUT2D eigenvalue weighted by molar-refractivity contribution is 0.0554. The Kier molecular flexibility index (Phi) is 4.95. The molecule has 0 aromatic heterocycles. The van der Waals surface area contributed by atoms with Gasteiger partial charge in [-0.3, -0.25) is 0 Å². The van der Waals surface area contributed by atoms with E-state index in [2.05, 4.69) is 44.3 Å². The summed E-state index contributed by atoms with van der Waals surface area (Å²) >= 11 is 0. The second-order valence-electron chi connectivity index (χ2n) is 7.30. The van der Waals surface area contributed by atoms with Crippen molar-refractivity contribution in [3.05, 3.63) is 29.8 Å². The Bertz CT molecular complexity index is 461. The molecule has 0 radical (unpaired) electrons. The van der Waals surface area contributed by atoms with E-state index in [9.17, 15) is 5.11 Å². The molecule has 3 heteroatoms. The predicted octanol–water partition coefficient (Wildman–Crippen LogP) is 3.26. The van der Waals surface area contributed by atoms with Crippen molar-refractivity contribution in [2.24, 2.45) is 0 Å². The molecule has 2 atom stereocenters. The zero-order valence-corrected chi connectivity index (χ0v) is 13.8. The Hall–Kier alpha value is -1.06. The van der Waals surface area contributed by atoms with Gasteiger partial charge in [-0.05, 0) is 49.4 Å². The van der Waals surface area contributed by atoms with Crippen molar-refractivity contribution in [3.8, 4) is 5.75 Å². The molecule has 1 aromatic carbocycles. The van der Waals surface area contributed by atoms with Crippen LogP contribution in [-0.4, -0.2) is 30.4 Å². The fourth-order valence-electron chi connectivity index (χ4n) is 3.09. The molecule has 0 heterocycles. The van der Waals surface area contributed by atoms with Gasteiger partial charge < -0.3 is 15.2 Å². The number of ether oxygens (including phenoxy) is 1. The maximum Gasteiger partial charge on any atom is 0.120 e. The minimum Gasteiger partial charge on any atom is -0.490 e. The largest absolute Gasteiger partial charge is 0.490 e. The summed E-state index contributed by atoms with van der Waals surface area (Å²) in [5, 5.41) is 12.9. The van der Waals surface area contributed by atoms with Crippen LogP contribution in [0.4, 0.5) is 0 Å². The van der Waals surface area contributed by atoms with E-state index in [-0.39, 0.29) is 23.7 Å². The average Bonchev–Trinajstić information content (AvgIpc) is 2.47. The molecule has 2 N–H and O–H groups in total. The molecule has 1 aromatic rings. The highest BCUT2D eigenvalue weighted by molar-refractivity contribution is 5.32. The molecule has 1 aliphatic rings. The summed E-state index contributed by atoms with van der Waals surface area (Å²) in [4.78, 5) is 0. The predicted molar refractivity (Wildman–Crippen MR) is 86.9 cm³/mol. The second-order valence-corrected chi connectivity index (χ2v) is 7.30. The van der Waals surface area contributed by atoms with Crippen molar-refractivity contribution >= 4 is 0 Å². The topological polar surface area (TPSA) is 41.5 Å². The number of likely N-dealkylation sites (N-methyl/N-ethyl adjacent to an activating group) is 1. The van der Waals surface area contributed by atoms with Crippen LogP contribution in [0.3, 0.4) is 0 Å². The summed E-state index contributed by atoms with van der Waals surface area (Å²) in [5.41, 5.74) is 1.24. The van der Waals surface area contributed by atoms with Crippen LogP contribution in [0.5, 0.6) is 5.75 Å². The first kappa shape index (κ1) is 16.3. The van der Waals surface area contributed by atoms with Crippen LogP contribution in [0.2, 0.25) is 0 Å². The fraction of sp³-hybridized carbons (Fsp3) is 0.667. The third kappa shape index (κ3) is 3.98. The number of nitrogens with one attached hydrogen (secondary N) is 1. The summed E-state index contributed by atoms with van der Waals surface area (Å²) in [6.07, 6.45) is 4.20. The molecular formula is C18H29NO2. The van der Waals surface area contributed by atoms with Crippen LogP contribution in [0, 0.1) is 0 Å². The average molecular weight is 291 g/mol. The Morgan fingerprint density at radius 2 is 2.14 bits per heavy atom. The van der Waals surface area contributed by atoms with Gasteiger partial charge in [0.1, 0.15) is 11.9 Å².